The van der Waals surface area contributed by atoms with Crippen LogP contribution in [0, 0.1) is 5.92 Å². The molecule has 0 aliphatic heterocycles. The van der Waals surface area contributed by atoms with Crippen molar-refractivity contribution in [3.63, 3.8) is 0 Å². The molecule has 1 aromatic rings. The van der Waals surface area contributed by atoms with Crippen LogP contribution in [0.25, 0.3) is 0 Å². The molecule has 134 valence electrons. The third kappa shape index (κ3) is 5.24. The van der Waals surface area contributed by atoms with E-state index < -0.39 is 30.8 Å². The van der Waals surface area contributed by atoms with E-state index in [-0.39, 0.29) is 24.6 Å². The SMILES string of the molecule is C[C@H](NC(=O)NC1CC(C(F)F)C1)c1cccc(OC(F)(F)F)c1. The second-order valence-corrected chi connectivity index (χ2v) is 5.72. The summed E-state index contributed by atoms with van der Waals surface area (Å²) < 4.78 is 65.2. The maximum atomic E-state index is 12.4. The normalized spacial score (nSPS) is 21.8. The van der Waals surface area contributed by atoms with Gasteiger partial charge in [-0.3, -0.25) is 0 Å². The van der Waals surface area contributed by atoms with Crippen LogP contribution in [-0.2, 0) is 0 Å². The molecule has 24 heavy (non-hydrogen) atoms. The molecule has 2 N–H and O–H groups in total. The van der Waals surface area contributed by atoms with Crippen LogP contribution in [0.15, 0.2) is 24.3 Å². The van der Waals surface area contributed by atoms with Crippen LogP contribution >= 0.6 is 0 Å². The Bertz CT molecular complexity index is 573. The first-order valence-corrected chi connectivity index (χ1v) is 7.35. The van der Waals surface area contributed by atoms with Crippen molar-refractivity contribution in [3.05, 3.63) is 29.8 Å². The summed E-state index contributed by atoms with van der Waals surface area (Å²) >= 11 is 0. The fraction of sp³-hybridized carbons (Fsp3) is 0.533. The highest BCUT2D eigenvalue weighted by molar-refractivity contribution is 5.74. The Morgan fingerprint density at radius 1 is 1.29 bits per heavy atom. The van der Waals surface area contributed by atoms with Crippen molar-refractivity contribution in [2.45, 2.75) is 44.6 Å². The summed E-state index contributed by atoms with van der Waals surface area (Å²) in [5.41, 5.74) is 0.422. The van der Waals surface area contributed by atoms with Crippen LogP contribution in [0.5, 0.6) is 5.75 Å². The smallest absolute Gasteiger partial charge is 0.406 e. The predicted molar refractivity (Wildman–Crippen MR) is 75.7 cm³/mol. The van der Waals surface area contributed by atoms with E-state index in [2.05, 4.69) is 15.4 Å². The lowest BCUT2D eigenvalue weighted by Crippen LogP contribution is -2.50. The lowest BCUT2D eigenvalue weighted by Gasteiger charge is -2.35. The third-order valence-corrected chi connectivity index (χ3v) is 3.81. The zero-order valence-corrected chi connectivity index (χ0v) is 12.7. The first-order chi connectivity index (χ1) is 11.1. The second kappa shape index (κ2) is 7.23. The molecule has 0 aromatic heterocycles. The van der Waals surface area contributed by atoms with Gasteiger partial charge in [-0.1, -0.05) is 12.1 Å². The molecule has 2 amide bonds. The number of rotatable bonds is 5. The fourth-order valence-electron chi connectivity index (χ4n) is 2.47. The van der Waals surface area contributed by atoms with E-state index in [4.69, 9.17) is 0 Å². The topological polar surface area (TPSA) is 50.4 Å². The predicted octanol–water partition coefficient (Wildman–Crippen LogP) is 3.99. The van der Waals surface area contributed by atoms with Gasteiger partial charge in [-0.15, -0.1) is 13.2 Å². The summed E-state index contributed by atoms with van der Waals surface area (Å²) in [4.78, 5) is 11.8. The maximum Gasteiger partial charge on any atom is 0.573 e. The maximum absolute atomic E-state index is 12.4. The standard InChI is InChI=1S/C15H17F5N2O2/c1-8(9-3-2-4-12(7-9)24-15(18,19)20)21-14(23)22-11-5-10(6-11)13(16)17/h2-4,7-8,10-11,13H,5-6H2,1H3,(H2,21,22,23)/t8-,10?,11?/m0/s1. The van der Waals surface area contributed by atoms with Crippen molar-refractivity contribution < 1.29 is 31.5 Å². The lowest BCUT2D eigenvalue weighted by atomic mass is 9.80. The Labute approximate surface area is 135 Å². The summed E-state index contributed by atoms with van der Waals surface area (Å²) in [7, 11) is 0. The lowest BCUT2D eigenvalue weighted by molar-refractivity contribution is -0.274. The van der Waals surface area contributed by atoms with Crippen LogP contribution in [-0.4, -0.2) is 24.9 Å². The molecule has 0 bridgehead atoms. The quantitative estimate of drug-likeness (QED) is 0.788. The molecule has 1 aromatic carbocycles. The first-order valence-electron chi connectivity index (χ1n) is 7.35. The van der Waals surface area contributed by atoms with Crippen molar-refractivity contribution in [1.29, 1.82) is 0 Å². The van der Waals surface area contributed by atoms with E-state index in [0.29, 0.717) is 5.56 Å². The molecule has 4 nitrogen and oxygen atoms in total. The molecule has 1 aliphatic carbocycles. The highest BCUT2D eigenvalue weighted by atomic mass is 19.4. The molecule has 0 radical (unpaired) electrons. The second-order valence-electron chi connectivity index (χ2n) is 5.72. The Kier molecular flexibility index (Phi) is 5.51. The van der Waals surface area contributed by atoms with Crippen molar-refractivity contribution in [3.8, 4) is 5.75 Å². The van der Waals surface area contributed by atoms with Crippen molar-refractivity contribution in [2.24, 2.45) is 5.92 Å². The number of benzene rings is 1. The van der Waals surface area contributed by atoms with Gasteiger partial charge in [-0.05, 0) is 37.5 Å². The molecule has 1 aliphatic rings. The summed E-state index contributed by atoms with van der Waals surface area (Å²) in [5, 5.41) is 5.12. The van der Waals surface area contributed by atoms with Gasteiger partial charge in [0.15, 0.2) is 0 Å². The fourth-order valence-corrected chi connectivity index (χ4v) is 2.47. The van der Waals surface area contributed by atoms with E-state index in [1.54, 1.807) is 13.0 Å². The summed E-state index contributed by atoms with van der Waals surface area (Å²) in [6, 6.07) is 3.82. The van der Waals surface area contributed by atoms with Crippen molar-refractivity contribution in [1.82, 2.24) is 10.6 Å². The Balaban J connectivity index is 1.85. The number of nitrogens with one attached hydrogen (secondary N) is 2. The minimum Gasteiger partial charge on any atom is -0.406 e. The van der Waals surface area contributed by atoms with E-state index >= 15 is 0 Å². The molecular formula is C15H17F5N2O2. The summed E-state index contributed by atoms with van der Waals surface area (Å²) in [6.07, 6.45) is -6.75. The molecule has 0 heterocycles. The highest BCUT2D eigenvalue weighted by Gasteiger charge is 2.36. The first kappa shape index (κ1) is 18.3. The highest BCUT2D eigenvalue weighted by Crippen LogP contribution is 2.32. The number of carbonyl (C=O) groups excluding carboxylic acids is 1. The Morgan fingerprint density at radius 2 is 1.96 bits per heavy atom. The third-order valence-electron chi connectivity index (χ3n) is 3.81. The zero-order valence-electron chi connectivity index (χ0n) is 12.7. The summed E-state index contributed by atoms with van der Waals surface area (Å²) in [5.74, 6) is -1.07. The van der Waals surface area contributed by atoms with Crippen LogP contribution in [0.2, 0.25) is 0 Å². The van der Waals surface area contributed by atoms with Gasteiger partial charge in [-0.2, -0.15) is 0 Å². The van der Waals surface area contributed by atoms with Gasteiger partial charge in [0, 0.05) is 12.0 Å². The minimum atomic E-state index is -4.79. The van der Waals surface area contributed by atoms with Crippen LogP contribution < -0.4 is 15.4 Å². The van der Waals surface area contributed by atoms with Crippen molar-refractivity contribution >= 4 is 6.03 Å². The average Bonchev–Trinajstić information content (AvgIpc) is 2.40. The van der Waals surface area contributed by atoms with E-state index in [0.717, 1.165) is 6.07 Å². The number of halogens is 5. The molecule has 9 heteroatoms. The molecule has 0 unspecified atom stereocenters. The zero-order chi connectivity index (χ0) is 17.9. The van der Waals surface area contributed by atoms with E-state index in [9.17, 15) is 26.7 Å². The van der Waals surface area contributed by atoms with Crippen LogP contribution in [0.3, 0.4) is 0 Å². The molecular weight excluding hydrogens is 335 g/mol. The summed E-state index contributed by atoms with van der Waals surface area (Å²) in [6.45, 7) is 1.59. The largest absolute Gasteiger partial charge is 0.573 e. The number of amides is 2. The number of hydrogen-bond donors (Lipinski definition) is 2. The minimum absolute atomic E-state index is 0.217. The van der Waals surface area contributed by atoms with Gasteiger partial charge < -0.3 is 15.4 Å². The Morgan fingerprint density at radius 3 is 2.54 bits per heavy atom. The average molecular weight is 352 g/mol. The van der Waals surface area contributed by atoms with Gasteiger partial charge in [0.05, 0.1) is 6.04 Å². The number of hydrogen-bond acceptors (Lipinski definition) is 2. The van der Waals surface area contributed by atoms with E-state index in [1.165, 1.54) is 12.1 Å². The van der Waals surface area contributed by atoms with Gasteiger partial charge in [0.25, 0.3) is 0 Å². The number of ether oxygens (including phenoxy) is 1. The Hall–Kier alpha value is -2.06. The molecule has 2 rings (SSSR count). The van der Waals surface area contributed by atoms with Crippen LogP contribution in [0.4, 0.5) is 26.7 Å². The van der Waals surface area contributed by atoms with Crippen molar-refractivity contribution in [2.75, 3.05) is 0 Å². The molecule has 0 saturated heterocycles. The van der Waals surface area contributed by atoms with E-state index in [1.807, 2.05) is 0 Å². The number of urea groups is 1. The number of carbonyl (C=O) groups is 1. The van der Waals surface area contributed by atoms with Gasteiger partial charge in [-0.25, -0.2) is 13.6 Å². The van der Waals surface area contributed by atoms with Crippen LogP contribution in [0.1, 0.15) is 31.4 Å². The molecule has 1 atom stereocenters. The number of alkyl halides is 5. The van der Waals surface area contributed by atoms with Gasteiger partial charge in [0.2, 0.25) is 6.43 Å². The van der Waals surface area contributed by atoms with Gasteiger partial charge >= 0.3 is 12.4 Å². The monoisotopic (exact) mass is 352 g/mol. The molecule has 1 saturated carbocycles. The molecule has 1 fully saturated rings. The molecule has 0 spiro atoms. The van der Waals surface area contributed by atoms with Gasteiger partial charge in [0.1, 0.15) is 5.75 Å².